The lowest BCUT2D eigenvalue weighted by molar-refractivity contribution is -0.121. The molecular weight excluding hydrogens is 426 g/mol. The summed E-state index contributed by atoms with van der Waals surface area (Å²) in [5.41, 5.74) is 3.38. The first-order valence-electron chi connectivity index (χ1n) is 12.6. The minimum Gasteiger partial charge on any atom is -0.356 e. The van der Waals surface area contributed by atoms with Crippen molar-refractivity contribution in [1.29, 1.82) is 0 Å². The molecule has 180 valence electrons. The van der Waals surface area contributed by atoms with Gasteiger partial charge in [0.2, 0.25) is 5.91 Å². The van der Waals surface area contributed by atoms with Gasteiger partial charge in [0.05, 0.1) is 0 Å². The van der Waals surface area contributed by atoms with Crippen LogP contribution in [0.25, 0.3) is 5.65 Å². The summed E-state index contributed by atoms with van der Waals surface area (Å²) in [6, 6.07) is 12.8. The number of fused-ring (bicyclic) bond motifs is 1. The molecule has 2 fully saturated rings. The van der Waals surface area contributed by atoms with Crippen LogP contribution < -0.4 is 10.2 Å². The lowest BCUT2D eigenvalue weighted by atomic mass is 10.1. The van der Waals surface area contributed by atoms with Gasteiger partial charge in [0.1, 0.15) is 5.82 Å². The minimum atomic E-state index is 0.0703. The zero-order valence-corrected chi connectivity index (χ0v) is 20.1. The summed E-state index contributed by atoms with van der Waals surface area (Å²) in [6.07, 6.45) is 5.77. The van der Waals surface area contributed by atoms with Gasteiger partial charge in [-0.3, -0.25) is 9.69 Å². The smallest absolute Gasteiger partial charge is 0.220 e. The zero-order valence-electron chi connectivity index (χ0n) is 20.1. The molecule has 1 N–H and O–H groups in total. The summed E-state index contributed by atoms with van der Waals surface area (Å²) in [7, 11) is 0. The van der Waals surface area contributed by atoms with Crippen LogP contribution in [-0.4, -0.2) is 63.3 Å². The van der Waals surface area contributed by atoms with E-state index in [4.69, 9.17) is 5.10 Å². The maximum absolute atomic E-state index is 12.5. The van der Waals surface area contributed by atoms with Crippen molar-refractivity contribution in [3.63, 3.8) is 0 Å². The second-order valence-electron chi connectivity index (χ2n) is 9.80. The molecule has 1 aromatic carbocycles. The number of anilines is 1. The van der Waals surface area contributed by atoms with Gasteiger partial charge in [-0.05, 0) is 62.8 Å². The predicted molar refractivity (Wildman–Crippen MR) is 133 cm³/mol. The SMILES string of the molecule is Cc1ccc(CN2CC[C@@H](CNC(=O)CCc3nnc4ccc(N5CCCCC5)nn34)C2)cc1. The highest BCUT2D eigenvalue weighted by atomic mass is 16.1. The average molecular weight is 462 g/mol. The number of carbonyl (C=O) groups is 1. The highest BCUT2D eigenvalue weighted by molar-refractivity contribution is 5.76. The van der Waals surface area contributed by atoms with Gasteiger partial charge in [-0.15, -0.1) is 15.3 Å². The number of rotatable bonds is 8. The van der Waals surface area contributed by atoms with Gasteiger partial charge in [-0.25, -0.2) is 0 Å². The van der Waals surface area contributed by atoms with Crippen LogP contribution in [-0.2, 0) is 17.8 Å². The summed E-state index contributed by atoms with van der Waals surface area (Å²) in [4.78, 5) is 17.3. The number of nitrogens with zero attached hydrogens (tertiary/aromatic N) is 6. The van der Waals surface area contributed by atoms with E-state index in [2.05, 4.69) is 56.5 Å². The van der Waals surface area contributed by atoms with E-state index in [1.807, 2.05) is 12.1 Å². The molecule has 8 heteroatoms. The summed E-state index contributed by atoms with van der Waals surface area (Å²) in [6.45, 7) is 8.05. The Morgan fingerprint density at radius 3 is 2.68 bits per heavy atom. The number of carbonyl (C=O) groups excluding carboxylic acids is 1. The van der Waals surface area contributed by atoms with Crippen molar-refractivity contribution in [2.45, 2.75) is 52.0 Å². The van der Waals surface area contributed by atoms with Crippen molar-refractivity contribution in [2.24, 2.45) is 5.92 Å². The van der Waals surface area contributed by atoms with Crippen molar-refractivity contribution in [1.82, 2.24) is 30.0 Å². The van der Waals surface area contributed by atoms with E-state index >= 15 is 0 Å². The van der Waals surface area contributed by atoms with E-state index in [0.29, 0.717) is 18.8 Å². The number of likely N-dealkylation sites (tertiary alicyclic amines) is 1. The van der Waals surface area contributed by atoms with Crippen LogP contribution in [0.1, 0.15) is 49.1 Å². The molecule has 5 rings (SSSR count). The fraction of sp³-hybridized carbons (Fsp3) is 0.538. The fourth-order valence-electron chi connectivity index (χ4n) is 5.02. The van der Waals surface area contributed by atoms with E-state index < -0.39 is 0 Å². The number of benzene rings is 1. The van der Waals surface area contributed by atoms with Crippen LogP contribution in [0.4, 0.5) is 5.82 Å². The number of aromatic nitrogens is 4. The first kappa shape index (κ1) is 22.8. The van der Waals surface area contributed by atoms with E-state index in [1.165, 1.54) is 30.4 Å². The highest BCUT2D eigenvalue weighted by Crippen LogP contribution is 2.19. The second kappa shape index (κ2) is 10.5. The molecule has 2 aromatic heterocycles. The van der Waals surface area contributed by atoms with Gasteiger partial charge in [0.25, 0.3) is 0 Å². The van der Waals surface area contributed by atoms with Gasteiger partial charge in [0, 0.05) is 45.6 Å². The Morgan fingerprint density at radius 1 is 1.03 bits per heavy atom. The normalized spacial score (nSPS) is 19.1. The Bertz CT molecular complexity index is 1100. The number of hydrogen-bond acceptors (Lipinski definition) is 6. The number of hydrogen-bond donors (Lipinski definition) is 1. The maximum Gasteiger partial charge on any atom is 0.220 e. The predicted octanol–water partition coefficient (Wildman–Crippen LogP) is 2.99. The van der Waals surface area contributed by atoms with E-state index in [9.17, 15) is 4.79 Å². The molecule has 0 saturated carbocycles. The molecule has 0 bridgehead atoms. The Hall–Kier alpha value is -3.00. The molecule has 2 aliphatic heterocycles. The third-order valence-electron chi connectivity index (χ3n) is 7.05. The molecule has 0 aliphatic carbocycles. The summed E-state index contributed by atoms with van der Waals surface area (Å²) >= 11 is 0. The molecule has 4 heterocycles. The molecule has 34 heavy (non-hydrogen) atoms. The van der Waals surface area contributed by atoms with Gasteiger partial charge in [-0.1, -0.05) is 29.8 Å². The summed E-state index contributed by atoms with van der Waals surface area (Å²) < 4.78 is 1.80. The first-order chi connectivity index (χ1) is 16.6. The van der Waals surface area contributed by atoms with Crippen molar-refractivity contribution < 1.29 is 4.79 Å². The topological polar surface area (TPSA) is 78.7 Å². The number of amides is 1. The first-order valence-corrected chi connectivity index (χ1v) is 12.6. The standard InChI is InChI=1S/C26H35N7O/c1-20-5-7-21(8-6-20)18-31-16-13-22(19-31)17-27-26(34)12-11-24-29-28-23-9-10-25(30-33(23)24)32-14-3-2-4-15-32/h5-10,22H,2-4,11-19H2,1H3,(H,27,34)/t22-/m0/s1. The minimum absolute atomic E-state index is 0.0703. The largest absolute Gasteiger partial charge is 0.356 e. The van der Waals surface area contributed by atoms with Crippen molar-refractivity contribution in [3.8, 4) is 0 Å². The van der Waals surface area contributed by atoms with Gasteiger partial charge in [-0.2, -0.15) is 4.52 Å². The molecule has 0 radical (unpaired) electrons. The Kier molecular flexibility index (Phi) is 7.04. The zero-order chi connectivity index (χ0) is 23.3. The van der Waals surface area contributed by atoms with Crippen molar-refractivity contribution >= 4 is 17.4 Å². The average Bonchev–Trinajstić information content (AvgIpc) is 3.49. The summed E-state index contributed by atoms with van der Waals surface area (Å²) in [5.74, 6) is 2.29. The van der Waals surface area contributed by atoms with Crippen molar-refractivity contribution in [3.05, 3.63) is 53.3 Å². The number of piperidine rings is 1. The van der Waals surface area contributed by atoms with Crippen LogP contribution in [0.3, 0.4) is 0 Å². The quantitative estimate of drug-likeness (QED) is 0.556. The van der Waals surface area contributed by atoms with Crippen LogP contribution in [0.15, 0.2) is 36.4 Å². The number of aryl methyl sites for hydroxylation is 2. The number of nitrogens with one attached hydrogen (secondary N) is 1. The summed E-state index contributed by atoms with van der Waals surface area (Å²) in [5, 5.41) is 16.4. The van der Waals surface area contributed by atoms with E-state index in [0.717, 1.165) is 63.0 Å². The molecule has 1 atom stereocenters. The van der Waals surface area contributed by atoms with E-state index in [-0.39, 0.29) is 5.91 Å². The van der Waals surface area contributed by atoms with Crippen LogP contribution in [0.2, 0.25) is 0 Å². The molecule has 3 aromatic rings. The molecule has 2 saturated heterocycles. The third-order valence-corrected chi connectivity index (χ3v) is 7.05. The Labute approximate surface area is 201 Å². The molecule has 8 nitrogen and oxygen atoms in total. The van der Waals surface area contributed by atoms with E-state index in [1.54, 1.807) is 4.52 Å². The Morgan fingerprint density at radius 2 is 1.85 bits per heavy atom. The van der Waals surface area contributed by atoms with Gasteiger partial charge >= 0.3 is 0 Å². The molecule has 1 amide bonds. The highest BCUT2D eigenvalue weighted by Gasteiger charge is 2.23. The van der Waals surface area contributed by atoms with Crippen LogP contribution in [0, 0.1) is 12.8 Å². The van der Waals surface area contributed by atoms with Crippen molar-refractivity contribution in [2.75, 3.05) is 37.6 Å². The second-order valence-corrected chi connectivity index (χ2v) is 9.80. The maximum atomic E-state index is 12.5. The van der Waals surface area contributed by atoms with Crippen LogP contribution in [0.5, 0.6) is 0 Å². The fourth-order valence-corrected chi connectivity index (χ4v) is 5.02. The molecule has 0 unspecified atom stereocenters. The third kappa shape index (κ3) is 5.55. The Balaban J connectivity index is 1.09. The van der Waals surface area contributed by atoms with Gasteiger partial charge in [0.15, 0.2) is 11.5 Å². The molecular formula is C26H35N7O. The lowest BCUT2D eigenvalue weighted by Crippen LogP contribution is -2.31. The molecule has 2 aliphatic rings. The van der Waals surface area contributed by atoms with Gasteiger partial charge < -0.3 is 10.2 Å². The monoisotopic (exact) mass is 461 g/mol. The van der Waals surface area contributed by atoms with Crippen LogP contribution >= 0.6 is 0 Å². The molecule has 0 spiro atoms. The lowest BCUT2D eigenvalue weighted by Gasteiger charge is -2.27.